The van der Waals surface area contributed by atoms with Gasteiger partial charge in [0.2, 0.25) is 0 Å². The fourth-order valence-corrected chi connectivity index (χ4v) is 2.45. The number of rotatable bonds is 2. The van der Waals surface area contributed by atoms with E-state index in [0.29, 0.717) is 5.75 Å². The summed E-state index contributed by atoms with van der Waals surface area (Å²) in [6, 6.07) is 17.2. The third-order valence-corrected chi connectivity index (χ3v) is 3.22. The Kier molecular flexibility index (Phi) is 5.00. The van der Waals surface area contributed by atoms with Crippen LogP contribution in [0.15, 0.2) is 54.6 Å². The van der Waals surface area contributed by atoms with Gasteiger partial charge in [-0.3, -0.25) is 0 Å². The minimum absolute atomic E-state index is 0. The molecule has 5 heteroatoms. The van der Waals surface area contributed by atoms with Gasteiger partial charge in [0.25, 0.3) is 0 Å². The van der Waals surface area contributed by atoms with Crippen molar-refractivity contribution < 1.29 is 64.0 Å². The van der Waals surface area contributed by atoms with Crippen LogP contribution in [0.3, 0.4) is 0 Å². The molecule has 0 N–H and O–H groups in total. The van der Waals surface area contributed by atoms with E-state index >= 15 is 0 Å². The third kappa shape index (κ3) is 3.02. The van der Waals surface area contributed by atoms with Gasteiger partial charge >= 0.3 is 51.4 Å². The molecule has 3 aromatic carbocycles. The summed E-state index contributed by atoms with van der Waals surface area (Å²) in [5, 5.41) is 3.97. The van der Waals surface area contributed by atoms with Crippen LogP contribution in [0.4, 0.5) is 0 Å². The van der Waals surface area contributed by atoms with Crippen molar-refractivity contribution in [2.45, 2.75) is 0 Å². The van der Waals surface area contributed by atoms with Gasteiger partial charge in [0, 0.05) is 5.39 Å². The zero-order valence-corrected chi connectivity index (χ0v) is 14.3. The molecule has 3 rings (SSSR count). The van der Waals surface area contributed by atoms with Crippen molar-refractivity contribution in [1.82, 2.24) is 0 Å². The minimum atomic E-state index is -2.56. The molecule has 0 saturated heterocycles. The molecule has 0 spiro atoms. The maximum Gasteiger partial charge on any atom is 1.00 e. The molecule has 0 aliphatic rings. The topological polar surface area (TPSA) is 43.4 Å². The van der Waals surface area contributed by atoms with Crippen LogP contribution in [0.2, 0.25) is 0 Å². The predicted octanol–water partition coefficient (Wildman–Crippen LogP) is 0.600. The van der Waals surface area contributed by atoms with Gasteiger partial charge in [-0.05, 0) is 22.2 Å². The average Bonchev–Trinajstić information content (AvgIpc) is 2.38. The summed E-state index contributed by atoms with van der Waals surface area (Å²) in [6.45, 7) is 0. The van der Waals surface area contributed by atoms with E-state index in [1.54, 1.807) is 12.1 Å². The quantitative estimate of drug-likeness (QED) is 0.395. The number of hydrogen-bond donors (Lipinski definition) is 0. The molecule has 0 radical (unpaired) electrons. The van der Waals surface area contributed by atoms with Crippen molar-refractivity contribution in [2.75, 3.05) is 0 Å². The molecule has 0 unspecified atom stereocenters. The van der Waals surface area contributed by atoms with E-state index in [9.17, 15) is 8.42 Å². The SMILES string of the molecule is O=[S-](=O)Oc1cccc2c1ccc1ccccc12.[K+]. The standard InChI is InChI=1S/C14H9O3S.K/c15-18(16)17-14-7-3-6-12-11-5-2-1-4-10(11)8-9-13(12)14;/h1-9H;/q-1;+1. The van der Waals surface area contributed by atoms with Gasteiger partial charge in [0.15, 0.2) is 0 Å². The van der Waals surface area contributed by atoms with Crippen molar-refractivity contribution in [3.8, 4) is 5.75 Å². The Morgan fingerprint density at radius 3 is 2.26 bits per heavy atom. The van der Waals surface area contributed by atoms with Crippen molar-refractivity contribution in [1.29, 1.82) is 0 Å². The summed E-state index contributed by atoms with van der Waals surface area (Å²) in [5.41, 5.74) is 0. The van der Waals surface area contributed by atoms with Gasteiger partial charge in [0.05, 0.1) is 0 Å². The van der Waals surface area contributed by atoms with E-state index in [0.717, 1.165) is 21.5 Å². The summed E-state index contributed by atoms with van der Waals surface area (Å²) in [5.74, 6) is 0.353. The molecule has 0 amide bonds. The van der Waals surface area contributed by atoms with Crippen LogP contribution in [0.5, 0.6) is 5.75 Å². The molecule has 0 aromatic heterocycles. The molecule has 0 fully saturated rings. The van der Waals surface area contributed by atoms with Gasteiger partial charge in [-0.25, -0.2) is 0 Å². The summed E-state index contributed by atoms with van der Waals surface area (Å²) in [7, 11) is -2.56. The van der Waals surface area contributed by atoms with E-state index in [4.69, 9.17) is 4.18 Å². The molecule has 0 heterocycles. The Morgan fingerprint density at radius 1 is 0.737 bits per heavy atom. The first kappa shape index (κ1) is 15.0. The molecule has 0 aliphatic heterocycles. The Hall–Kier alpha value is -0.434. The van der Waals surface area contributed by atoms with Gasteiger partial charge in [-0.1, -0.05) is 48.5 Å². The molecular weight excluding hydrogens is 287 g/mol. The van der Waals surface area contributed by atoms with E-state index in [1.165, 1.54) is 0 Å². The van der Waals surface area contributed by atoms with E-state index in [-0.39, 0.29) is 51.4 Å². The zero-order chi connectivity index (χ0) is 12.5. The molecular formula is C14H9KO3S. The summed E-state index contributed by atoms with van der Waals surface area (Å²) in [6.07, 6.45) is 0. The molecule has 19 heavy (non-hydrogen) atoms. The van der Waals surface area contributed by atoms with Crippen molar-refractivity contribution in [3.05, 3.63) is 54.6 Å². The maximum absolute atomic E-state index is 10.7. The molecule has 0 aliphatic carbocycles. The van der Waals surface area contributed by atoms with Crippen LogP contribution >= 0.6 is 0 Å². The van der Waals surface area contributed by atoms with Crippen LogP contribution in [0.1, 0.15) is 0 Å². The van der Waals surface area contributed by atoms with Crippen LogP contribution in [-0.4, -0.2) is 0 Å². The molecule has 3 aromatic rings. The Balaban J connectivity index is 0.00000133. The molecule has 90 valence electrons. The van der Waals surface area contributed by atoms with Gasteiger partial charge in [0.1, 0.15) is 16.7 Å². The Bertz CT molecular complexity index is 804. The fraction of sp³-hybridized carbons (Fsp3) is 0. The summed E-state index contributed by atoms with van der Waals surface area (Å²) >= 11 is 0. The second-order valence-corrected chi connectivity index (χ2v) is 4.50. The van der Waals surface area contributed by atoms with E-state index in [2.05, 4.69) is 0 Å². The maximum atomic E-state index is 10.7. The predicted molar refractivity (Wildman–Crippen MR) is 70.8 cm³/mol. The zero-order valence-electron chi connectivity index (χ0n) is 10.3. The first-order valence-electron chi connectivity index (χ1n) is 5.44. The molecule has 0 bridgehead atoms. The number of hydrogen-bond acceptors (Lipinski definition) is 4. The third-order valence-electron chi connectivity index (χ3n) is 2.90. The normalized spacial score (nSPS) is 10.6. The van der Waals surface area contributed by atoms with Crippen LogP contribution in [0.25, 0.3) is 21.5 Å². The van der Waals surface area contributed by atoms with Crippen LogP contribution < -0.4 is 55.6 Å². The first-order valence-corrected chi connectivity index (χ1v) is 6.44. The fourth-order valence-electron chi connectivity index (χ4n) is 2.16. The second kappa shape index (κ2) is 6.34. The molecule has 0 saturated carbocycles. The van der Waals surface area contributed by atoms with Crippen molar-refractivity contribution in [3.63, 3.8) is 0 Å². The van der Waals surface area contributed by atoms with Gasteiger partial charge in [-0.15, -0.1) is 0 Å². The van der Waals surface area contributed by atoms with E-state index in [1.807, 2.05) is 42.5 Å². The molecule has 3 nitrogen and oxygen atoms in total. The monoisotopic (exact) mass is 296 g/mol. The van der Waals surface area contributed by atoms with Gasteiger partial charge < -0.3 is 12.6 Å². The Morgan fingerprint density at radius 2 is 1.47 bits per heavy atom. The average molecular weight is 296 g/mol. The minimum Gasteiger partial charge on any atom is -0.532 e. The van der Waals surface area contributed by atoms with Crippen molar-refractivity contribution in [2.24, 2.45) is 0 Å². The second-order valence-electron chi connectivity index (χ2n) is 3.93. The number of benzene rings is 3. The summed E-state index contributed by atoms with van der Waals surface area (Å²) < 4.78 is 26.1. The molecule has 0 atom stereocenters. The van der Waals surface area contributed by atoms with Crippen molar-refractivity contribution >= 4 is 32.5 Å². The van der Waals surface area contributed by atoms with Crippen LogP contribution in [0, 0.1) is 0 Å². The number of fused-ring (bicyclic) bond motifs is 3. The summed E-state index contributed by atoms with van der Waals surface area (Å²) in [4.78, 5) is 0. The van der Waals surface area contributed by atoms with Crippen LogP contribution in [-0.2, 0) is 19.4 Å². The Labute approximate surface area is 155 Å². The largest absolute Gasteiger partial charge is 1.00 e. The first-order chi connectivity index (χ1) is 8.75. The smallest absolute Gasteiger partial charge is 0.532 e. The van der Waals surface area contributed by atoms with E-state index < -0.39 is 11.0 Å². The van der Waals surface area contributed by atoms with Gasteiger partial charge in [-0.2, -0.15) is 0 Å².